The smallest absolute Gasteiger partial charge is 0.115 e. The average Bonchev–Trinajstić information content (AvgIpc) is 2.48. The normalized spacial score (nSPS) is 18.5. The SMILES string of the molecule is CCCC(C(N)=S)N1CCN(Cc2ccc(O)cc2)CC1. The van der Waals surface area contributed by atoms with Crippen LogP contribution in [0.5, 0.6) is 5.75 Å². The molecule has 5 heteroatoms. The number of aromatic hydroxyl groups is 1. The number of thiocarbonyl (C=S) groups is 1. The maximum atomic E-state index is 9.32. The molecule has 1 unspecified atom stereocenters. The highest BCUT2D eigenvalue weighted by atomic mass is 32.1. The van der Waals surface area contributed by atoms with E-state index in [2.05, 4.69) is 16.7 Å². The lowest BCUT2D eigenvalue weighted by Gasteiger charge is -2.39. The molecule has 1 fully saturated rings. The molecular weight excluding hydrogens is 282 g/mol. The molecule has 0 saturated carbocycles. The zero-order chi connectivity index (χ0) is 15.2. The molecule has 0 amide bonds. The summed E-state index contributed by atoms with van der Waals surface area (Å²) in [5, 5.41) is 9.32. The predicted octanol–water partition coefficient (Wildman–Crippen LogP) is 1.96. The third-order valence-corrected chi connectivity index (χ3v) is 4.35. The summed E-state index contributed by atoms with van der Waals surface area (Å²) in [6.45, 7) is 7.19. The summed E-state index contributed by atoms with van der Waals surface area (Å²) >= 11 is 5.21. The Kier molecular flexibility index (Phi) is 5.96. The van der Waals surface area contributed by atoms with Crippen molar-refractivity contribution in [3.8, 4) is 5.75 Å². The van der Waals surface area contributed by atoms with Crippen LogP contribution in [0.4, 0.5) is 0 Å². The summed E-state index contributed by atoms with van der Waals surface area (Å²) in [5.41, 5.74) is 7.12. The van der Waals surface area contributed by atoms with E-state index in [1.165, 1.54) is 5.56 Å². The number of phenols is 1. The standard InChI is InChI=1S/C16H25N3OS/c1-2-3-15(16(17)21)19-10-8-18(9-11-19)12-13-4-6-14(20)7-5-13/h4-7,15,20H,2-3,8-12H2,1H3,(H2,17,21). The molecule has 0 bridgehead atoms. The lowest BCUT2D eigenvalue weighted by atomic mass is 10.1. The van der Waals surface area contributed by atoms with Crippen LogP contribution in [0.3, 0.4) is 0 Å². The van der Waals surface area contributed by atoms with Crippen molar-refractivity contribution in [2.75, 3.05) is 26.2 Å². The van der Waals surface area contributed by atoms with Gasteiger partial charge >= 0.3 is 0 Å². The molecule has 0 aliphatic carbocycles. The lowest BCUT2D eigenvalue weighted by molar-refractivity contribution is 0.110. The number of nitrogens with zero attached hydrogens (tertiary/aromatic N) is 2. The summed E-state index contributed by atoms with van der Waals surface area (Å²) in [4.78, 5) is 5.48. The van der Waals surface area contributed by atoms with Crippen molar-refractivity contribution in [2.24, 2.45) is 5.73 Å². The van der Waals surface area contributed by atoms with Crippen molar-refractivity contribution >= 4 is 17.2 Å². The summed E-state index contributed by atoms with van der Waals surface area (Å²) < 4.78 is 0. The molecule has 4 nitrogen and oxygen atoms in total. The highest BCUT2D eigenvalue weighted by molar-refractivity contribution is 7.80. The molecule has 2 rings (SSSR count). The largest absolute Gasteiger partial charge is 0.508 e. The van der Waals surface area contributed by atoms with E-state index in [9.17, 15) is 5.11 Å². The summed E-state index contributed by atoms with van der Waals surface area (Å²) in [6, 6.07) is 7.71. The first-order valence-electron chi connectivity index (χ1n) is 7.63. The molecule has 1 aromatic carbocycles. The van der Waals surface area contributed by atoms with Crippen LogP contribution < -0.4 is 5.73 Å². The number of nitrogens with two attached hydrogens (primary N) is 1. The molecule has 1 aliphatic heterocycles. The number of hydrogen-bond acceptors (Lipinski definition) is 4. The second-order valence-corrected chi connectivity index (χ2v) is 6.16. The first-order valence-corrected chi connectivity index (χ1v) is 8.04. The van der Waals surface area contributed by atoms with Gasteiger partial charge in [0.15, 0.2) is 0 Å². The first kappa shape index (κ1) is 16.2. The number of piperazine rings is 1. The van der Waals surface area contributed by atoms with Crippen LogP contribution in [0.25, 0.3) is 0 Å². The zero-order valence-electron chi connectivity index (χ0n) is 12.7. The molecular formula is C16H25N3OS. The van der Waals surface area contributed by atoms with Gasteiger partial charge in [0, 0.05) is 32.7 Å². The van der Waals surface area contributed by atoms with E-state index in [1.54, 1.807) is 12.1 Å². The Morgan fingerprint density at radius 3 is 2.38 bits per heavy atom. The van der Waals surface area contributed by atoms with Crippen LogP contribution in [0.1, 0.15) is 25.3 Å². The van der Waals surface area contributed by atoms with E-state index in [-0.39, 0.29) is 6.04 Å². The quantitative estimate of drug-likeness (QED) is 0.787. The third-order valence-electron chi connectivity index (χ3n) is 4.08. The fraction of sp³-hybridized carbons (Fsp3) is 0.562. The maximum Gasteiger partial charge on any atom is 0.115 e. The van der Waals surface area contributed by atoms with Crippen molar-refractivity contribution in [1.29, 1.82) is 0 Å². The molecule has 0 aromatic heterocycles. The van der Waals surface area contributed by atoms with Crippen molar-refractivity contribution in [3.63, 3.8) is 0 Å². The number of rotatable bonds is 6. The second-order valence-electron chi connectivity index (χ2n) is 5.69. The fourth-order valence-corrected chi connectivity index (χ4v) is 3.14. The topological polar surface area (TPSA) is 52.7 Å². The summed E-state index contributed by atoms with van der Waals surface area (Å²) in [7, 11) is 0. The van der Waals surface area contributed by atoms with E-state index >= 15 is 0 Å². The number of hydrogen-bond donors (Lipinski definition) is 2. The van der Waals surface area contributed by atoms with Crippen molar-refractivity contribution in [1.82, 2.24) is 9.80 Å². The molecule has 116 valence electrons. The third kappa shape index (κ3) is 4.66. The van der Waals surface area contributed by atoms with E-state index in [4.69, 9.17) is 18.0 Å². The van der Waals surface area contributed by atoms with Crippen LogP contribution >= 0.6 is 12.2 Å². The van der Waals surface area contributed by atoms with Crippen LogP contribution in [-0.4, -0.2) is 52.1 Å². The van der Waals surface area contributed by atoms with Crippen LogP contribution in [0.15, 0.2) is 24.3 Å². The molecule has 1 aromatic rings. The van der Waals surface area contributed by atoms with E-state index in [0.717, 1.165) is 45.6 Å². The predicted molar refractivity (Wildman–Crippen MR) is 90.4 cm³/mol. The van der Waals surface area contributed by atoms with Crippen LogP contribution in [0.2, 0.25) is 0 Å². The molecule has 3 N–H and O–H groups in total. The van der Waals surface area contributed by atoms with Crippen LogP contribution in [0, 0.1) is 0 Å². The Morgan fingerprint density at radius 2 is 1.86 bits per heavy atom. The average molecular weight is 307 g/mol. The molecule has 0 radical (unpaired) electrons. The van der Waals surface area contributed by atoms with Gasteiger partial charge < -0.3 is 10.8 Å². The van der Waals surface area contributed by atoms with Gasteiger partial charge in [-0.05, 0) is 24.1 Å². The van der Waals surface area contributed by atoms with E-state index in [1.807, 2.05) is 12.1 Å². The van der Waals surface area contributed by atoms with Gasteiger partial charge in [-0.2, -0.15) is 0 Å². The number of phenolic OH excluding ortho intramolecular Hbond substituents is 1. The van der Waals surface area contributed by atoms with Gasteiger partial charge in [-0.25, -0.2) is 0 Å². The fourth-order valence-electron chi connectivity index (χ4n) is 2.87. The molecule has 1 atom stereocenters. The number of benzene rings is 1. The maximum absolute atomic E-state index is 9.32. The summed E-state index contributed by atoms with van der Waals surface area (Å²) in [5.74, 6) is 0.322. The minimum Gasteiger partial charge on any atom is -0.508 e. The Labute approximate surface area is 132 Å². The Hall–Kier alpha value is -1.17. The molecule has 1 saturated heterocycles. The Balaban J connectivity index is 1.85. The molecule has 21 heavy (non-hydrogen) atoms. The molecule has 1 aliphatic rings. The van der Waals surface area contributed by atoms with Crippen molar-refractivity contribution < 1.29 is 5.11 Å². The van der Waals surface area contributed by atoms with Gasteiger partial charge in [0.1, 0.15) is 5.75 Å². The van der Waals surface area contributed by atoms with Gasteiger partial charge in [0.2, 0.25) is 0 Å². The van der Waals surface area contributed by atoms with Gasteiger partial charge in [-0.3, -0.25) is 9.80 Å². The molecule has 1 heterocycles. The monoisotopic (exact) mass is 307 g/mol. The molecule has 0 spiro atoms. The minimum atomic E-state index is 0.251. The summed E-state index contributed by atoms with van der Waals surface area (Å²) in [6.07, 6.45) is 2.16. The van der Waals surface area contributed by atoms with Gasteiger partial charge in [0.05, 0.1) is 11.0 Å². The highest BCUT2D eigenvalue weighted by Crippen LogP contribution is 2.15. The van der Waals surface area contributed by atoms with Gasteiger partial charge in [-0.1, -0.05) is 37.7 Å². The highest BCUT2D eigenvalue weighted by Gasteiger charge is 2.24. The minimum absolute atomic E-state index is 0.251. The van der Waals surface area contributed by atoms with Gasteiger partial charge in [0.25, 0.3) is 0 Å². The van der Waals surface area contributed by atoms with Gasteiger partial charge in [-0.15, -0.1) is 0 Å². The van der Waals surface area contributed by atoms with Crippen molar-refractivity contribution in [2.45, 2.75) is 32.4 Å². The Morgan fingerprint density at radius 1 is 1.24 bits per heavy atom. The lowest BCUT2D eigenvalue weighted by Crippen LogP contribution is -2.53. The first-order chi connectivity index (χ1) is 10.1. The van der Waals surface area contributed by atoms with E-state index < -0.39 is 0 Å². The van der Waals surface area contributed by atoms with E-state index in [0.29, 0.717) is 10.7 Å². The van der Waals surface area contributed by atoms with Crippen LogP contribution in [-0.2, 0) is 6.54 Å². The Bertz CT molecular complexity index is 455. The second kappa shape index (κ2) is 7.73. The zero-order valence-corrected chi connectivity index (χ0v) is 13.5. The van der Waals surface area contributed by atoms with Crippen molar-refractivity contribution in [3.05, 3.63) is 29.8 Å².